The average Bonchev–Trinajstić information content (AvgIpc) is 2.30. The summed E-state index contributed by atoms with van der Waals surface area (Å²) in [5.74, 6) is 1.08. The highest BCUT2D eigenvalue weighted by Gasteiger charge is 2.21. The summed E-state index contributed by atoms with van der Waals surface area (Å²) in [5.41, 5.74) is 0. The van der Waals surface area contributed by atoms with Crippen molar-refractivity contribution in [2.45, 2.75) is 32.1 Å². The van der Waals surface area contributed by atoms with E-state index in [4.69, 9.17) is 0 Å². The predicted octanol–water partition coefficient (Wildman–Crippen LogP) is 1.80. The number of carbonyl (C=O) groups is 1. The van der Waals surface area contributed by atoms with Crippen molar-refractivity contribution in [1.82, 2.24) is 10.2 Å². The zero-order valence-corrected chi connectivity index (χ0v) is 10.4. The molecule has 1 aliphatic rings. The molecule has 1 amide bonds. The van der Waals surface area contributed by atoms with Gasteiger partial charge in [-0.2, -0.15) is 0 Å². The van der Waals surface area contributed by atoms with Crippen LogP contribution in [0.2, 0.25) is 0 Å². The normalized spacial score (nSPS) is 17.4. The Kier molecular flexibility index (Phi) is 6.16. The first-order chi connectivity index (χ1) is 7.77. The van der Waals surface area contributed by atoms with Gasteiger partial charge >= 0.3 is 0 Å². The Bertz CT molecular complexity index is 220. The summed E-state index contributed by atoms with van der Waals surface area (Å²) in [6.07, 6.45) is 6.75. The zero-order valence-electron chi connectivity index (χ0n) is 10.4. The van der Waals surface area contributed by atoms with E-state index < -0.39 is 0 Å². The van der Waals surface area contributed by atoms with Gasteiger partial charge in [0.15, 0.2) is 0 Å². The third kappa shape index (κ3) is 4.35. The summed E-state index contributed by atoms with van der Waals surface area (Å²) in [7, 11) is 1.99. The molecule has 0 aromatic heterocycles. The SMILES string of the molecule is C=CCCCC(=O)N1CCC(CNC)CC1. The first-order valence-corrected chi connectivity index (χ1v) is 6.31. The number of nitrogens with zero attached hydrogens (tertiary/aromatic N) is 1. The Labute approximate surface area is 98.9 Å². The van der Waals surface area contributed by atoms with Crippen LogP contribution in [0.3, 0.4) is 0 Å². The van der Waals surface area contributed by atoms with Crippen LogP contribution in [0.4, 0.5) is 0 Å². The van der Waals surface area contributed by atoms with Gasteiger partial charge in [-0.05, 0) is 45.2 Å². The number of nitrogens with one attached hydrogen (secondary N) is 1. The number of allylic oxidation sites excluding steroid dienone is 1. The first-order valence-electron chi connectivity index (χ1n) is 6.31. The largest absolute Gasteiger partial charge is 0.343 e. The van der Waals surface area contributed by atoms with Crippen LogP contribution in [0.1, 0.15) is 32.1 Å². The summed E-state index contributed by atoms with van der Waals surface area (Å²) in [4.78, 5) is 13.8. The molecule has 1 rings (SSSR count). The topological polar surface area (TPSA) is 32.3 Å². The number of unbranched alkanes of at least 4 members (excludes halogenated alkanes) is 1. The molecule has 0 aliphatic carbocycles. The standard InChI is InChI=1S/C13H24N2O/c1-3-4-5-6-13(16)15-9-7-12(8-10-15)11-14-2/h3,12,14H,1,4-11H2,2H3. The molecule has 1 aliphatic heterocycles. The monoisotopic (exact) mass is 224 g/mol. The number of rotatable bonds is 6. The van der Waals surface area contributed by atoms with E-state index in [0.717, 1.165) is 51.2 Å². The van der Waals surface area contributed by atoms with Gasteiger partial charge in [-0.1, -0.05) is 6.08 Å². The molecular weight excluding hydrogens is 200 g/mol. The van der Waals surface area contributed by atoms with Crippen LogP contribution < -0.4 is 5.32 Å². The third-order valence-corrected chi connectivity index (χ3v) is 3.26. The van der Waals surface area contributed by atoms with Gasteiger partial charge < -0.3 is 10.2 Å². The molecule has 1 saturated heterocycles. The third-order valence-electron chi connectivity index (χ3n) is 3.26. The predicted molar refractivity (Wildman–Crippen MR) is 67.3 cm³/mol. The lowest BCUT2D eigenvalue weighted by Gasteiger charge is -2.32. The fourth-order valence-electron chi connectivity index (χ4n) is 2.23. The van der Waals surface area contributed by atoms with E-state index in [1.165, 1.54) is 0 Å². The lowest BCUT2D eigenvalue weighted by atomic mass is 9.96. The maximum atomic E-state index is 11.8. The summed E-state index contributed by atoms with van der Waals surface area (Å²) in [5, 5.41) is 3.21. The van der Waals surface area contributed by atoms with Crippen molar-refractivity contribution < 1.29 is 4.79 Å². The number of amides is 1. The molecule has 16 heavy (non-hydrogen) atoms. The van der Waals surface area contributed by atoms with Gasteiger partial charge in [0.1, 0.15) is 0 Å². The quantitative estimate of drug-likeness (QED) is 0.551. The Balaban J connectivity index is 2.19. The smallest absolute Gasteiger partial charge is 0.222 e. The van der Waals surface area contributed by atoms with Gasteiger partial charge in [-0.25, -0.2) is 0 Å². The minimum absolute atomic E-state index is 0.324. The molecule has 3 heteroatoms. The minimum Gasteiger partial charge on any atom is -0.343 e. The Morgan fingerprint density at radius 2 is 2.19 bits per heavy atom. The molecule has 1 fully saturated rings. The maximum Gasteiger partial charge on any atom is 0.222 e. The van der Waals surface area contributed by atoms with Crippen molar-refractivity contribution >= 4 is 5.91 Å². The highest BCUT2D eigenvalue weighted by Crippen LogP contribution is 2.17. The van der Waals surface area contributed by atoms with Crippen molar-refractivity contribution in [3.05, 3.63) is 12.7 Å². The van der Waals surface area contributed by atoms with E-state index in [9.17, 15) is 4.79 Å². The van der Waals surface area contributed by atoms with E-state index >= 15 is 0 Å². The Morgan fingerprint density at radius 3 is 2.75 bits per heavy atom. The fourth-order valence-corrected chi connectivity index (χ4v) is 2.23. The van der Waals surface area contributed by atoms with Crippen molar-refractivity contribution in [2.24, 2.45) is 5.92 Å². The van der Waals surface area contributed by atoms with E-state index in [-0.39, 0.29) is 0 Å². The molecule has 1 N–H and O–H groups in total. The van der Waals surface area contributed by atoms with E-state index in [2.05, 4.69) is 11.9 Å². The minimum atomic E-state index is 0.324. The average molecular weight is 224 g/mol. The summed E-state index contributed by atoms with van der Waals surface area (Å²) in [6, 6.07) is 0. The molecule has 92 valence electrons. The first kappa shape index (κ1) is 13.2. The van der Waals surface area contributed by atoms with E-state index in [1.54, 1.807) is 0 Å². The maximum absolute atomic E-state index is 11.8. The van der Waals surface area contributed by atoms with E-state index in [0.29, 0.717) is 12.3 Å². The number of hydrogen-bond donors (Lipinski definition) is 1. The number of likely N-dealkylation sites (tertiary alicyclic amines) is 1. The van der Waals surface area contributed by atoms with Crippen LogP contribution >= 0.6 is 0 Å². The van der Waals surface area contributed by atoms with Gasteiger partial charge in [0.05, 0.1) is 0 Å². The highest BCUT2D eigenvalue weighted by atomic mass is 16.2. The highest BCUT2D eigenvalue weighted by molar-refractivity contribution is 5.76. The number of hydrogen-bond acceptors (Lipinski definition) is 2. The molecule has 0 spiro atoms. The molecular formula is C13H24N2O. The molecule has 0 atom stereocenters. The van der Waals surface area contributed by atoms with Crippen molar-refractivity contribution in [1.29, 1.82) is 0 Å². The van der Waals surface area contributed by atoms with Crippen LogP contribution in [0.25, 0.3) is 0 Å². The molecule has 0 bridgehead atoms. The van der Waals surface area contributed by atoms with Crippen LogP contribution in [0, 0.1) is 5.92 Å². The lowest BCUT2D eigenvalue weighted by molar-refractivity contribution is -0.132. The van der Waals surface area contributed by atoms with E-state index in [1.807, 2.05) is 18.0 Å². The Hall–Kier alpha value is -0.830. The summed E-state index contributed by atoms with van der Waals surface area (Å²) >= 11 is 0. The van der Waals surface area contributed by atoms with Crippen LogP contribution in [-0.2, 0) is 4.79 Å². The van der Waals surface area contributed by atoms with Gasteiger partial charge in [-0.3, -0.25) is 4.79 Å². The van der Waals surface area contributed by atoms with Crippen LogP contribution in [0.15, 0.2) is 12.7 Å². The molecule has 1 heterocycles. The van der Waals surface area contributed by atoms with Crippen molar-refractivity contribution in [3.8, 4) is 0 Å². The second kappa shape index (κ2) is 7.44. The molecule has 3 nitrogen and oxygen atoms in total. The molecule has 0 unspecified atom stereocenters. The van der Waals surface area contributed by atoms with Gasteiger partial charge in [0.25, 0.3) is 0 Å². The second-order valence-electron chi connectivity index (χ2n) is 4.56. The molecule has 0 aromatic carbocycles. The van der Waals surface area contributed by atoms with Gasteiger partial charge in [-0.15, -0.1) is 6.58 Å². The van der Waals surface area contributed by atoms with Gasteiger partial charge in [0.2, 0.25) is 5.91 Å². The number of carbonyl (C=O) groups excluding carboxylic acids is 1. The second-order valence-corrected chi connectivity index (χ2v) is 4.56. The zero-order chi connectivity index (χ0) is 11.8. The van der Waals surface area contributed by atoms with Crippen molar-refractivity contribution in [3.63, 3.8) is 0 Å². The molecule has 0 radical (unpaired) electrons. The van der Waals surface area contributed by atoms with Crippen LogP contribution in [0.5, 0.6) is 0 Å². The summed E-state index contributed by atoms with van der Waals surface area (Å²) < 4.78 is 0. The van der Waals surface area contributed by atoms with Crippen LogP contribution in [-0.4, -0.2) is 37.5 Å². The van der Waals surface area contributed by atoms with Crippen molar-refractivity contribution in [2.75, 3.05) is 26.7 Å². The van der Waals surface area contributed by atoms with Gasteiger partial charge in [0, 0.05) is 19.5 Å². The molecule has 0 saturated carbocycles. The summed E-state index contributed by atoms with van der Waals surface area (Å²) in [6.45, 7) is 6.64. The lowest BCUT2D eigenvalue weighted by Crippen LogP contribution is -2.40. The fraction of sp³-hybridized carbons (Fsp3) is 0.769. The Morgan fingerprint density at radius 1 is 1.50 bits per heavy atom. The number of piperidine rings is 1. The molecule has 0 aromatic rings.